The summed E-state index contributed by atoms with van der Waals surface area (Å²) < 4.78 is 0. The molecule has 0 radical (unpaired) electrons. The maximum Gasteiger partial charge on any atom is 0.0825 e. The van der Waals surface area contributed by atoms with Crippen LogP contribution in [-0.2, 0) is 0 Å². The summed E-state index contributed by atoms with van der Waals surface area (Å²) >= 11 is 0. The molecule has 0 saturated heterocycles. The Morgan fingerprint density at radius 1 is 1.36 bits per heavy atom. The van der Waals surface area contributed by atoms with Crippen LogP contribution in [0.2, 0.25) is 0 Å². The molecular formula is C9H18N2. The van der Waals surface area contributed by atoms with Gasteiger partial charge in [0, 0.05) is 12.6 Å². The maximum atomic E-state index is 4.13. The Hall–Kier alpha value is -0.530. The molecule has 0 unspecified atom stereocenters. The molecule has 2 heteroatoms. The molecule has 0 amide bonds. The van der Waals surface area contributed by atoms with E-state index in [0.29, 0.717) is 6.04 Å². The third-order valence-corrected chi connectivity index (χ3v) is 2.19. The van der Waals surface area contributed by atoms with Crippen molar-refractivity contribution in [3.8, 4) is 0 Å². The molecule has 1 fully saturated rings. The van der Waals surface area contributed by atoms with E-state index in [1.54, 1.807) is 0 Å². The molecule has 0 aromatic rings. The number of nitrogens with one attached hydrogen (secondary N) is 1. The van der Waals surface area contributed by atoms with Crippen molar-refractivity contribution in [2.24, 2.45) is 4.99 Å². The van der Waals surface area contributed by atoms with Crippen molar-refractivity contribution >= 4 is 6.34 Å². The zero-order valence-electron chi connectivity index (χ0n) is 7.34. The minimum Gasteiger partial charge on any atom is -0.374 e. The van der Waals surface area contributed by atoms with Crippen LogP contribution in [0.3, 0.4) is 0 Å². The molecule has 0 aromatic heterocycles. The molecule has 1 saturated carbocycles. The SMILES string of the molecule is CCN=CNC1CCCCC1. The maximum absolute atomic E-state index is 4.13. The Balaban J connectivity index is 2.09. The van der Waals surface area contributed by atoms with E-state index in [1.165, 1.54) is 32.1 Å². The third-order valence-electron chi connectivity index (χ3n) is 2.19. The molecule has 0 bridgehead atoms. The second kappa shape index (κ2) is 5.16. The first-order chi connectivity index (χ1) is 5.43. The van der Waals surface area contributed by atoms with Gasteiger partial charge in [0.1, 0.15) is 0 Å². The van der Waals surface area contributed by atoms with Crippen LogP contribution in [0.5, 0.6) is 0 Å². The molecule has 1 rings (SSSR count). The highest BCUT2D eigenvalue weighted by Gasteiger charge is 2.10. The van der Waals surface area contributed by atoms with Crippen molar-refractivity contribution in [1.82, 2.24) is 5.32 Å². The van der Waals surface area contributed by atoms with Gasteiger partial charge >= 0.3 is 0 Å². The average Bonchev–Trinajstić information content (AvgIpc) is 2.07. The fourth-order valence-corrected chi connectivity index (χ4v) is 1.52. The van der Waals surface area contributed by atoms with Gasteiger partial charge < -0.3 is 5.32 Å². The summed E-state index contributed by atoms with van der Waals surface area (Å²) in [5, 5.41) is 3.33. The van der Waals surface area contributed by atoms with Crippen LogP contribution in [0.15, 0.2) is 4.99 Å². The monoisotopic (exact) mass is 154 g/mol. The van der Waals surface area contributed by atoms with Gasteiger partial charge in [-0.2, -0.15) is 0 Å². The molecule has 1 aliphatic rings. The first kappa shape index (κ1) is 8.57. The molecule has 11 heavy (non-hydrogen) atoms. The standard InChI is InChI=1S/C9H18N2/c1-2-10-8-11-9-6-4-3-5-7-9/h8-9H,2-7H2,1H3,(H,10,11). The van der Waals surface area contributed by atoms with Crippen LogP contribution in [0.4, 0.5) is 0 Å². The average molecular weight is 154 g/mol. The molecule has 2 nitrogen and oxygen atoms in total. The molecule has 64 valence electrons. The Morgan fingerprint density at radius 3 is 2.73 bits per heavy atom. The van der Waals surface area contributed by atoms with E-state index in [0.717, 1.165) is 6.54 Å². The summed E-state index contributed by atoms with van der Waals surface area (Å²) in [7, 11) is 0. The van der Waals surface area contributed by atoms with Crippen molar-refractivity contribution in [1.29, 1.82) is 0 Å². The number of hydrogen-bond donors (Lipinski definition) is 1. The highest BCUT2D eigenvalue weighted by atomic mass is 15.0. The van der Waals surface area contributed by atoms with Gasteiger partial charge in [-0.05, 0) is 19.8 Å². The summed E-state index contributed by atoms with van der Waals surface area (Å²) in [6.07, 6.45) is 8.72. The largest absolute Gasteiger partial charge is 0.374 e. The first-order valence-electron chi connectivity index (χ1n) is 4.68. The number of nitrogens with zero attached hydrogens (tertiary/aromatic N) is 1. The summed E-state index contributed by atoms with van der Waals surface area (Å²) in [6.45, 7) is 2.94. The molecule has 1 aliphatic carbocycles. The van der Waals surface area contributed by atoms with Crippen molar-refractivity contribution in [3.63, 3.8) is 0 Å². The lowest BCUT2D eigenvalue weighted by atomic mass is 9.96. The fraction of sp³-hybridized carbons (Fsp3) is 0.889. The van der Waals surface area contributed by atoms with Crippen molar-refractivity contribution in [2.45, 2.75) is 45.1 Å². The van der Waals surface area contributed by atoms with E-state index in [9.17, 15) is 0 Å². The predicted octanol–water partition coefficient (Wildman–Crippen LogP) is 1.96. The molecule has 0 aromatic carbocycles. The Labute approximate surface area is 69.1 Å². The Kier molecular flexibility index (Phi) is 4.02. The van der Waals surface area contributed by atoms with Crippen LogP contribution in [0, 0.1) is 0 Å². The second-order valence-corrected chi connectivity index (χ2v) is 3.13. The molecule has 1 N–H and O–H groups in total. The molecule has 0 spiro atoms. The Morgan fingerprint density at radius 2 is 2.09 bits per heavy atom. The number of rotatable bonds is 3. The highest BCUT2D eigenvalue weighted by Crippen LogP contribution is 2.16. The van der Waals surface area contributed by atoms with Crippen LogP contribution in [0.1, 0.15) is 39.0 Å². The van der Waals surface area contributed by atoms with Gasteiger partial charge in [0.25, 0.3) is 0 Å². The summed E-state index contributed by atoms with van der Waals surface area (Å²) in [4.78, 5) is 4.13. The Bertz CT molecular complexity index is 115. The second-order valence-electron chi connectivity index (χ2n) is 3.13. The third kappa shape index (κ3) is 3.40. The lowest BCUT2D eigenvalue weighted by Crippen LogP contribution is -2.29. The smallest absolute Gasteiger partial charge is 0.0825 e. The van der Waals surface area contributed by atoms with E-state index in [-0.39, 0.29) is 0 Å². The zero-order chi connectivity index (χ0) is 7.94. The quantitative estimate of drug-likeness (QED) is 0.487. The van der Waals surface area contributed by atoms with Gasteiger partial charge in [-0.25, -0.2) is 0 Å². The number of hydrogen-bond acceptors (Lipinski definition) is 1. The minimum atomic E-state index is 0.707. The van der Waals surface area contributed by atoms with Crippen molar-refractivity contribution < 1.29 is 0 Å². The first-order valence-corrected chi connectivity index (χ1v) is 4.68. The van der Waals surface area contributed by atoms with Crippen molar-refractivity contribution in [2.75, 3.05) is 6.54 Å². The molecule has 0 heterocycles. The van der Waals surface area contributed by atoms with E-state index in [4.69, 9.17) is 0 Å². The van der Waals surface area contributed by atoms with Crippen LogP contribution >= 0.6 is 0 Å². The predicted molar refractivity (Wildman–Crippen MR) is 49.0 cm³/mol. The van der Waals surface area contributed by atoms with Gasteiger partial charge in [0.05, 0.1) is 6.34 Å². The van der Waals surface area contributed by atoms with Gasteiger partial charge in [-0.3, -0.25) is 4.99 Å². The fourth-order valence-electron chi connectivity index (χ4n) is 1.52. The zero-order valence-corrected chi connectivity index (χ0v) is 7.34. The van der Waals surface area contributed by atoms with E-state index < -0.39 is 0 Å². The van der Waals surface area contributed by atoms with Crippen molar-refractivity contribution in [3.05, 3.63) is 0 Å². The molecule has 0 atom stereocenters. The normalized spacial score (nSPS) is 20.8. The van der Waals surface area contributed by atoms with Gasteiger partial charge in [-0.15, -0.1) is 0 Å². The lowest BCUT2D eigenvalue weighted by Gasteiger charge is -2.21. The summed E-state index contributed by atoms with van der Waals surface area (Å²) in [5.74, 6) is 0. The van der Waals surface area contributed by atoms with Crippen LogP contribution < -0.4 is 5.32 Å². The van der Waals surface area contributed by atoms with Crippen LogP contribution in [0.25, 0.3) is 0 Å². The van der Waals surface area contributed by atoms with E-state index in [1.807, 2.05) is 6.34 Å². The topological polar surface area (TPSA) is 24.4 Å². The highest BCUT2D eigenvalue weighted by molar-refractivity contribution is 5.54. The van der Waals surface area contributed by atoms with Crippen LogP contribution in [-0.4, -0.2) is 18.9 Å². The van der Waals surface area contributed by atoms with Gasteiger partial charge in [0.2, 0.25) is 0 Å². The molecular weight excluding hydrogens is 136 g/mol. The van der Waals surface area contributed by atoms with E-state index in [2.05, 4.69) is 17.2 Å². The van der Waals surface area contributed by atoms with Gasteiger partial charge in [0.15, 0.2) is 0 Å². The summed E-state index contributed by atoms with van der Waals surface area (Å²) in [5.41, 5.74) is 0. The van der Waals surface area contributed by atoms with Gasteiger partial charge in [-0.1, -0.05) is 19.3 Å². The summed E-state index contributed by atoms with van der Waals surface area (Å²) in [6, 6.07) is 0.707. The lowest BCUT2D eigenvalue weighted by molar-refractivity contribution is 0.416. The van der Waals surface area contributed by atoms with E-state index >= 15 is 0 Å². The molecule has 0 aliphatic heterocycles. The minimum absolute atomic E-state index is 0.707. The number of aliphatic imine (C=N–C) groups is 1.